The predicted octanol–water partition coefficient (Wildman–Crippen LogP) is 1.54. The summed E-state index contributed by atoms with van der Waals surface area (Å²) in [6.45, 7) is 2.81. The zero-order valence-corrected chi connectivity index (χ0v) is 14.4. The second-order valence-electron chi connectivity index (χ2n) is 6.12. The molecule has 0 bridgehead atoms. The number of carbonyl (C=O) groups excluding carboxylic acids is 2. The molecular weight excluding hydrogens is 323 g/mol. The minimum atomic E-state index is -0.383. The second-order valence-corrected chi connectivity index (χ2v) is 6.12. The van der Waals surface area contributed by atoms with Gasteiger partial charge in [-0.2, -0.15) is 5.10 Å². The molecule has 7 heteroatoms. The molecule has 25 heavy (non-hydrogen) atoms. The van der Waals surface area contributed by atoms with Gasteiger partial charge in [0, 0.05) is 31.5 Å². The fraction of sp³-hybridized carbons (Fsp3) is 0.389. The van der Waals surface area contributed by atoms with Crippen LogP contribution in [0.25, 0.3) is 0 Å². The van der Waals surface area contributed by atoms with Crippen LogP contribution in [0.2, 0.25) is 0 Å². The molecule has 6 nitrogen and oxygen atoms in total. The van der Waals surface area contributed by atoms with Gasteiger partial charge in [-0.25, -0.2) is 4.39 Å². The third-order valence-electron chi connectivity index (χ3n) is 4.42. The van der Waals surface area contributed by atoms with Crippen molar-refractivity contribution >= 4 is 17.5 Å². The number of hydrogen-bond acceptors (Lipinski definition) is 3. The van der Waals surface area contributed by atoms with Gasteiger partial charge in [-0.3, -0.25) is 14.3 Å². The Kier molecular flexibility index (Phi) is 4.83. The zero-order valence-electron chi connectivity index (χ0n) is 14.4. The summed E-state index contributed by atoms with van der Waals surface area (Å²) in [6, 6.07) is 7.86. The fourth-order valence-electron chi connectivity index (χ4n) is 2.98. The van der Waals surface area contributed by atoms with E-state index in [0.717, 1.165) is 17.8 Å². The van der Waals surface area contributed by atoms with E-state index < -0.39 is 0 Å². The van der Waals surface area contributed by atoms with Gasteiger partial charge >= 0.3 is 0 Å². The maximum atomic E-state index is 13.4. The molecule has 0 unspecified atom stereocenters. The van der Waals surface area contributed by atoms with Crippen molar-refractivity contribution < 1.29 is 14.0 Å². The average molecular weight is 344 g/mol. The van der Waals surface area contributed by atoms with Crippen LogP contribution in [0.4, 0.5) is 10.1 Å². The molecule has 0 atom stereocenters. The van der Waals surface area contributed by atoms with Crippen LogP contribution < -0.4 is 4.90 Å². The van der Waals surface area contributed by atoms with Gasteiger partial charge in [0.1, 0.15) is 12.4 Å². The molecule has 1 aliphatic heterocycles. The van der Waals surface area contributed by atoms with E-state index in [1.54, 1.807) is 21.7 Å². The Morgan fingerprint density at radius 2 is 2.08 bits per heavy atom. The fourth-order valence-corrected chi connectivity index (χ4v) is 2.98. The minimum absolute atomic E-state index is 0.00777. The van der Waals surface area contributed by atoms with Gasteiger partial charge in [0.15, 0.2) is 0 Å². The number of nitrogens with zero attached hydrogens (tertiary/aromatic N) is 4. The number of carbonyl (C=O) groups is 2. The zero-order chi connectivity index (χ0) is 18.0. The monoisotopic (exact) mass is 344 g/mol. The maximum absolute atomic E-state index is 13.4. The van der Waals surface area contributed by atoms with E-state index in [0.29, 0.717) is 18.8 Å². The Hall–Kier alpha value is -2.70. The van der Waals surface area contributed by atoms with Gasteiger partial charge in [-0.15, -0.1) is 0 Å². The van der Waals surface area contributed by atoms with Crippen LogP contribution in [0.1, 0.15) is 18.3 Å². The van der Waals surface area contributed by atoms with Crippen molar-refractivity contribution in [2.75, 3.05) is 24.5 Å². The number of anilines is 1. The van der Waals surface area contributed by atoms with Crippen molar-refractivity contribution in [2.24, 2.45) is 7.05 Å². The Morgan fingerprint density at radius 3 is 2.72 bits per heavy atom. The Bertz CT molecular complexity index is 802. The average Bonchev–Trinajstić information content (AvgIpc) is 2.94. The summed E-state index contributed by atoms with van der Waals surface area (Å²) >= 11 is 0. The lowest BCUT2D eigenvalue weighted by molar-refractivity contribution is -0.136. The molecule has 2 aromatic rings. The van der Waals surface area contributed by atoms with Gasteiger partial charge in [0.2, 0.25) is 11.8 Å². The highest BCUT2D eigenvalue weighted by Crippen LogP contribution is 2.19. The van der Waals surface area contributed by atoms with E-state index in [1.807, 2.05) is 20.0 Å². The highest BCUT2D eigenvalue weighted by Gasteiger charge is 2.28. The van der Waals surface area contributed by atoms with Crippen molar-refractivity contribution in [3.05, 3.63) is 47.5 Å². The quantitative estimate of drug-likeness (QED) is 0.845. The van der Waals surface area contributed by atoms with Crippen LogP contribution >= 0.6 is 0 Å². The Balaban J connectivity index is 1.65. The summed E-state index contributed by atoms with van der Waals surface area (Å²) in [5.41, 5.74) is 2.30. The second kappa shape index (κ2) is 7.04. The largest absolute Gasteiger partial charge is 0.331 e. The molecule has 1 saturated heterocycles. The SMILES string of the molecule is CCc1cc(CC(=O)N2CCN(c3cccc(F)c3)C(=O)C2)n(C)n1. The molecule has 1 aliphatic rings. The van der Waals surface area contributed by atoms with Crippen LogP contribution in [-0.4, -0.2) is 46.1 Å². The van der Waals surface area contributed by atoms with Crippen LogP contribution in [0.3, 0.4) is 0 Å². The highest BCUT2D eigenvalue weighted by molar-refractivity contribution is 5.98. The van der Waals surface area contributed by atoms with Crippen molar-refractivity contribution in [1.29, 1.82) is 0 Å². The molecule has 1 aromatic heterocycles. The van der Waals surface area contributed by atoms with E-state index in [1.165, 1.54) is 17.0 Å². The number of hydrogen-bond donors (Lipinski definition) is 0. The molecule has 0 aliphatic carbocycles. The lowest BCUT2D eigenvalue weighted by atomic mass is 10.2. The van der Waals surface area contributed by atoms with Crippen molar-refractivity contribution in [3.63, 3.8) is 0 Å². The molecule has 0 N–H and O–H groups in total. The van der Waals surface area contributed by atoms with Crippen LogP contribution in [0, 0.1) is 5.82 Å². The van der Waals surface area contributed by atoms with E-state index in [9.17, 15) is 14.0 Å². The Labute approximate surface area is 145 Å². The molecule has 0 saturated carbocycles. The molecular formula is C18H21FN4O2. The number of rotatable bonds is 4. The smallest absolute Gasteiger partial charge is 0.246 e. The van der Waals surface area contributed by atoms with Crippen molar-refractivity contribution in [2.45, 2.75) is 19.8 Å². The highest BCUT2D eigenvalue weighted by atomic mass is 19.1. The van der Waals surface area contributed by atoms with Crippen LogP contribution in [0.15, 0.2) is 30.3 Å². The van der Waals surface area contributed by atoms with Crippen molar-refractivity contribution in [1.82, 2.24) is 14.7 Å². The number of halogens is 1. The molecule has 1 fully saturated rings. The normalized spacial score (nSPS) is 14.9. The first-order valence-electron chi connectivity index (χ1n) is 8.33. The molecule has 3 rings (SSSR count). The van der Waals surface area contributed by atoms with E-state index in [4.69, 9.17) is 0 Å². The van der Waals surface area contributed by atoms with Gasteiger partial charge in [-0.1, -0.05) is 13.0 Å². The van der Waals surface area contributed by atoms with Gasteiger partial charge in [-0.05, 0) is 30.7 Å². The van der Waals surface area contributed by atoms with Gasteiger partial charge < -0.3 is 9.80 Å². The lowest BCUT2D eigenvalue weighted by Crippen LogP contribution is -2.52. The summed E-state index contributed by atoms with van der Waals surface area (Å²) in [4.78, 5) is 28.0. The molecule has 0 spiro atoms. The number of piperazine rings is 1. The molecule has 2 heterocycles. The third-order valence-corrected chi connectivity index (χ3v) is 4.42. The lowest BCUT2D eigenvalue weighted by Gasteiger charge is -2.34. The summed E-state index contributed by atoms with van der Waals surface area (Å²) in [7, 11) is 1.81. The van der Waals surface area contributed by atoms with E-state index in [-0.39, 0.29) is 30.6 Å². The standard InChI is InChI=1S/C18H21FN4O2/c1-3-14-10-16(21(2)20-14)11-17(24)22-7-8-23(18(25)12-22)15-6-4-5-13(19)9-15/h4-6,9-10H,3,7-8,11-12H2,1-2H3. The van der Waals surface area contributed by atoms with E-state index >= 15 is 0 Å². The first-order valence-corrected chi connectivity index (χ1v) is 8.33. The summed E-state index contributed by atoms with van der Waals surface area (Å²) in [5, 5.41) is 4.34. The van der Waals surface area contributed by atoms with E-state index in [2.05, 4.69) is 5.10 Å². The third kappa shape index (κ3) is 3.70. The summed E-state index contributed by atoms with van der Waals surface area (Å²) in [5.74, 6) is -0.686. The minimum Gasteiger partial charge on any atom is -0.331 e. The Morgan fingerprint density at radius 1 is 1.28 bits per heavy atom. The van der Waals surface area contributed by atoms with Gasteiger partial charge in [0.25, 0.3) is 0 Å². The molecule has 0 radical (unpaired) electrons. The van der Waals surface area contributed by atoms with Gasteiger partial charge in [0.05, 0.1) is 12.1 Å². The first kappa shape index (κ1) is 17.1. The maximum Gasteiger partial charge on any atom is 0.246 e. The molecule has 2 amide bonds. The number of aryl methyl sites for hydroxylation is 2. The first-order chi connectivity index (χ1) is 12.0. The number of benzene rings is 1. The number of amides is 2. The summed E-state index contributed by atoms with van der Waals surface area (Å²) < 4.78 is 15.1. The van der Waals surface area contributed by atoms with Crippen LogP contribution in [0.5, 0.6) is 0 Å². The number of aromatic nitrogens is 2. The van der Waals surface area contributed by atoms with Crippen molar-refractivity contribution in [3.8, 4) is 0 Å². The molecule has 132 valence electrons. The topological polar surface area (TPSA) is 58.4 Å². The predicted molar refractivity (Wildman–Crippen MR) is 91.6 cm³/mol. The van der Waals surface area contributed by atoms with Crippen LogP contribution in [-0.2, 0) is 29.5 Å². The molecule has 1 aromatic carbocycles. The summed E-state index contributed by atoms with van der Waals surface area (Å²) in [6.07, 6.45) is 1.03.